The molecular formula is C13H19NO2. The maximum atomic E-state index is 11.0. The van der Waals surface area contributed by atoms with Gasteiger partial charge in [0.2, 0.25) is 0 Å². The summed E-state index contributed by atoms with van der Waals surface area (Å²) in [5, 5.41) is 3.32. The smallest absolute Gasteiger partial charge is 0.147 e. The van der Waals surface area contributed by atoms with Crippen molar-refractivity contribution >= 4 is 6.29 Å². The molecule has 0 spiro atoms. The second kappa shape index (κ2) is 4.83. The highest BCUT2D eigenvalue weighted by atomic mass is 16.5. The molecule has 0 amide bonds. The second-order valence-electron chi connectivity index (χ2n) is 4.46. The molecule has 0 unspecified atom stereocenters. The van der Waals surface area contributed by atoms with E-state index in [0.717, 1.165) is 24.7 Å². The highest BCUT2D eigenvalue weighted by Gasteiger charge is 2.37. The van der Waals surface area contributed by atoms with Crippen molar-refractivity contribution in [2.24, 2.45) is 5.92 Å². The molecular weight excluding hydrogens is 202 g/mol. The first-order valence-corrected chi connectivity index (χ1v) is 5.92. The fraction of sp³-hybridized carbons (Fsp3) is 0.615. The molecule has 3 atom stereocenters. The van der Waals surface area contributed by atoms with Crippen LogP contribution in [0.3, 0.4) is 0 Å². The molecule has 1 saturated carbocycles. The first-order valence-electron chi connectivity index (χ1n) is 5.92. The van der Waals surface area contributed by atoms with Crippen LogP contribution in [0.15, 0.2) is 23.4 Å². The molecule has 2 rings (SSSR count). The number of aldehydes is 1. The van der Waals surface area contributed by atoms with E-state index >= 15 is 0 Å². The standard InChI is InChI=1S/C13H19NO2/c1-3-9(8-15)13-10-5-4-6-12(16-2)11(10)7-14-13/h3,7-8,10,12-14H,4-6H2,1-2H3/t10-,12-,13-/m0/s1. The third kappa shape index (κ3) is 1.80. The monoisotopic (exact) mass is 221 g/mol. The van der Waals surface area contributed by atoms with Gasteiger partial charge in [-0.2, -0.15) is 0 Å². The molecule has 0 radical (unpaired) electrons. The molecule has 3 nitrogen and oxygen atoms in total. The van der Waals surface area contributed by atoms with Gasteiger partial charge in [-0.1, -0.05) is 6.08 Å². The van der Waals surface area contributed by atoms with Gasteiger partial charge in [0.05, 0.1) is 12.1 Å². The quantitative estimate of drug-likeness (QED) is 0.583. The SMILES string of the molecule is CC=C(C=O)[C@@H]1NC=C2[C@@H](OC)CCC[C@@H]21. The highest BCUT2D eigenvalue weighted by Crippen LogP contribution is 2.38. The van der Waals surface area contributed by atoms with Crippen LogP contribution in [0.4, 0.5) is 0 Å². The Balaban J connectivity index is 2.17. The summed E-state index contributed by atoms with van der Waals surface area (Å²) in [5.74, 6) is 0.440. The molecule has 88 valence electrons. The molecule has 1 aliphatic heterocycles. The number of fused-ring (bicyclic) bond motifs is 1. The summed E-state index contributed by atoms with van der Waals surface area (Å²) in [6.07, 6.45) is 8.57. The fourth-order valence-electron chi connectivity index (χ4n) is 2.86. The van der Waals surface area contributed by atoms with Gasteiger partial charge in [-0.25, -0.2) is 0 Å². The van der Waals surface area contributed by atoms with Crippen molar-refractivity contribution in [2.75, 3.05) is 7.11 Å². The van der Waals surface area contributed by atoms with Crippen molar-refractivity contribution in [3.05, 3.63) is 23.4 Å². The molecule has 1 aliphatic carbocycles. The number of hydrogen-bond donors (Lipinski definition) is 1. The number of nitrogens with one attached hydrogen (secondary N) is 1. The molecule has 1 fully saturated rings. The average molecular weight is 221 g/mol. The van der Waals surface area contributed by atoms with Crippen molar-refractivity contribution < 1.29 is 9.53 Å². The van der Waals surface area contributed by atoms with E-state index in [0.29, 0.717) is 5.92 Å². The normalized spacial score (nSPS) is 34.0. The molecule has 0 aromatic carbocycles. The average Bonchev–Trinajstić information content (AvgIpc) is 2.75. The van der Waals surface area contributed by atoms with Gasteiger partial charge in [0, 0.05) is 18.6 Å². The van der Waals surface area contributed by atoms with Crippen LogP contribution in [0.5, 0.6) is 0 Å². The number of hydrogen-bond acceptors (Lipinski definition) is 3. The first-order chi connectivity index (χ1) is 7.81. The number of allylic oxidation sites excluding steroid dienone is 1. The van der Waals surface area contributed by atoms with Crippen molar-refractivity contribution in [3.8, 4) is 0 Å². The van der Waals surface area contributed by atoms with Gasteiger partial charge in [0.25, 0.3) is 0 Å². The summed E-state index contributed by atoms with van der Waals surface area (Å²) < 4.78 is 5.48. The highest BCUT2D eigenvalue weighted by molar-refractivity contribution is 5.75. The Morgan fingerprint density at radius 1 is 1.56 bits per heavy atom. The fourth-order valence-corrected chi connectivity index (χ4v) is 2.86. The Morgan fingerprint density at radius 2 is 2.38 bits per heavy atom. The maximum Gasteiger partial charge on any atom is 0.147 e. The van der Waals surface area contributed by atoms with E-state index in [1.807, 2.05) is 13.0 Å². The molecule has 0 aromatic heterocycles. The summed E-state index contributed by atoms with van der Waals surface area (Å²) in [4.78, 5) is 11.0. The maximum absolute atomic E-state index is 11.0. The van der Waals surface area contributed by atoms with Crippen LogP contribution in [0.1, 0.15) is 26.2 Å². The molecule has 0 saturated heterocycles. The minimum Gasteiger partial charge on any atom is -0.383 e. The minimum atomic E-state index is 0.162. The Hall–Kier alpha value is -1.09. The third-order valence-corrected chi connectivity index (χ3v) is 3.73. The zero-order valence-corrected chi connectivity index (χ0v) is 9.90. The third-order valence-electron chi connectivity index (χ3n) is 3.73. The van der Waals surface area contributed by atoms with Gasteiger partial charge in [-0.15, -0.1) is 0 Å². The lowest BCUT2D eigenvalue weighted by Gasteiger charge is -2.31. The van der Waals surface area contributed by atoms with Gasteiger partial charge in [-0.3, -0.25) is 4.79 Å². The Morgan fingerprint density at radius 3 is 3.00 bits per heavy atom. The van der Waals surface area contributed by atoms with E-state index in [2.05, 4.69) is 11.5 Å². The van der Waals surface area contributed by atoms with Crippen LogP contribution in [0, 0.1) is 5.92 Å². The summed E-state index contributed by atoms with van der Waals surface area (Å²) in [6, 6.07) is 0.162. The lowest BCUT2D eigenvalue weighted by Crippen LogP contribution is -2.34. The lowest BCUT2D eigenvalue weighted by atomic mass is 9.78. The van der Waals surface area contributed by atoms with Crippen LogP contribution < -0.4 is 5.32 Å². The van der Waals surface area contributed by atoms with E-state index in [1.54, 1.807) is 7.11 Å². The van der Waals surface area contributed by atoms with Gasteiger partial charge in [0.1, 0.15) is 6.29 Å². The van der Waals surface area contributed by atoms with E-state index < -0.39 is 0 Å². The van der Waals surface area contributed by atoms with Crippen molar-refractivity contribution in [3.63, 3.8) is 0 Å². The summed E-state index contributed by atoms with van der Waals surface area (Å²) in [7, 11) is 1.76. The number of methoxy groups -OCH3 is 1. The van der Waals surface area contributed by atoms with Crippen molar-refractivity contribution in [2.45, 2.75) is 38.3 Å². The van der Waals surface area contributed by atoms with Crippen LogP contribution in [-0.4, -0.2) is 25.5 Å². The van der Waals surface area contributed by atoms with Crippen LogP contribution >= 0.6 is 0 Å². The molecule has 1 heterocycles. The largest absolute Gasteiger partial charge is 0.383 e. The zero-order chi connectivity index (χ0) is 11.5. The Bertz CT molecular complexity index is 333. The predicted octanol–water partition coefficient (Wildman–Crippen LogP) is 1.80. The van der Waals surface area contributed by atoms with Crippen LogP contribution in [0.25, 0.3) is 0 Å². The van der Waals surface area contributed by atoms with Crippen molar-refractivity contribution in [1.82, 2.24) is 5.32 Å². The van der Waals surface area contributed by atoms with Crippen LogP contribution in [-0.2, 0) is 9.53 Å². The van der Waals surface area contributed by atoms with E-state index in [4.69, 9.17) is 4.74 Å². The number of carbonyl (C=O) groups excluding carboxylic acids is 1. The molecule has 0 aromatic rings. The Labute approximate surface area is 96.6 Å². The van der Waals surface area contributed by atoms with Crippen molar-refractivity contribution in [1.29, 1.82) is 0 Å². The predicted molar refractivity (Wildman–Crippen MR) is 63.0 cm³/mol. The number of carbonyl (C=O) groups is 1. The molecule has 1 N–H and O–H groups in total. The second-order valence-corrected chi connectivity index (χ2v) is 4.46. The zero-order valence-electron chi connectivity index (χ0n) is 9.90. The summed E-state index contributed by atoms with van der Waals surface area (Å²) in [6.45, 7) is 1.92. The van der Waals surface area contributed by atoms with Gasteiger partial charge in [-0.05, 0) is 38.0 Å². The molecule has 3 heteroatoms. The summed E-state index contributed by atoms with van der Waals surface area (Å²) in [5.41, 5.74) is 2.19. The molecule has 0 bridgehead atoms. The van der Waals surface area contributed by atoms with Crippen LogP contribution in [0.2, 0.25) is 0 Å². The van der Waals surface area contributed by atoms with E-state index in [9.17, 15) is 4.79 Å². The first kappa shape index (κ1) is 11.4. The Kier molecular flexibility index (Phi) is 3.44. The van der Waals surface area contributed by atoms with E-state index in [1.165, 1.54) is 12.0 Å². The molecule has 16 heavy (non-hydrogen) atoms. The van der Waals surface area contributed by atoms with E-state index in [-0.39, 0.29) is 12.1 Å². The summed E-state index contributed by atoms with van der Waals surface area (Å²) >= 11 is 0. The number of rotatable bonds is 3. The topological polar surface area (TPSA) is 38.3 Å². The number of ether oxygens (including phenoxy) is 1. The lowest BCUT2D eigenvalue weighted by molar-refractivity contribution is -0.105. The van der Waals surface area contributed by atoms with Gasteiger partial charge < -0.3 is 10.1 Å². The van der Waals surface area contributed by atoms with Gasteiger partial charge >= 0.3 is 0 Å². The molecule has 2 aliphatic rings. The minimum absolute atomic E-state index is 0.162. The van der Waals surface area contributed by atoms with Gasteiger partial charge in [0.15, 0.2) is 0 Å².